The first-order valence-corrected chi connectivity index (χ1v) is 8.17. The van der Waals surface area contributed by atoms with E-state index in [4.69, 9.17) is 5.73 Å². The van der Waals surface area contributed by atoms with Crippen molar-refractivity contribution in [3.8, 4) is 0 Å². The van der Waals surface area contributed by atoms with Gasteiger partial charge in [-0.1, -0.05) is 6.92 Å². The number of hydrogen-bond acceptors (Lipinski definition) is 4. The Hall–Kier alpha value is -0.750. The number of piperidine rings is 1. The Kier molecular flexibility index (Phi) is 5.10. The Morgan fingerprint density at radius 3 is 3.00 bits per heavy atom. The van der Waals surface area contributed by atoms with Gasteiger partial charge in [0.1, 0.15) is 6.04 Å². The highest BCUT2D eigenvalue weighted by Crippen LogP contribution is 2.33. The van der Waals surface area contributed by atoms with Crippen LogP contribution in [0.4, 0.5) is 0 Å². The first-order valence-electron chi connectivity index (χ1n) is 7.12. The largest absolute Gasteiger partial charge is 0.354 e. The molecule has 0 aromatic rings. The summed E-state index contributed by atoms with van der Waals surface area (Å²) in [4.78, 5) is 26.4. The molecule has 0 aromatic heterocycles. The highest BCUT2D eigenvalue weighted by molar-refractivity contribution is 7.99. The summed E-state index contributed by atoms with van der Waals surface area (Å²) in [5.41, 5.74) is 5.91. The molecule has 0 aliphatic carbocycles. The molecule has 6 heteroatoms. The van der Waals surface area contributed by atoms with Crippen LogP contribution in [0.2, 0.25) is 0 Å². The van der Waals surface area contributed by atoms with Crippen molar-refractivity contribution in [2.24, 2.45) is 5.73 Å². The van der Waals surface area contributed by atoms with Crippen LogP contribution in [0.15, 0.2) is 0 Å². The van der Waals surface area contributed by atoms with Gasteiger partial charge >= 0.3 is 0 Å². The monoisotopic (exact) mass is 285 g/mol. The summed E-state index contributed by atoms with van der Waals surface area (Å²) in [7, 11) is 0. The van der Waals surface area contributed by atoms with Crippen molar-refractivity contribution in [1.29, 1.82) is 0 Å². The molecular formula is C13H23N3O2S. The zero-order valence-electron chi connectivity index (χ0n) is 11.4. The van der Waals surface area contributed by atoms with E-state index in [-0.39, 0.29) is 23.2 Å². The molecule has 1 unspecified atom stereocenters. The summed E-state index contributed by atoms with van der Waals surface area (Å²) in [6, 6.07) is -0.772. The molecular weight excluding hydrogens is 262 g/mol. The molecule has 19 heavy (non-hydrogen) atoms. The SMILES string of the molecule is CCCNC(=O)[C@@H]1CCCC2SCC[C@H](N)C(=O)N21. The molecule has 0 saturated carbocycles. The molecule has 0 bridgehead atoms. The fourth-order valence-electron chi connectivity index (χ4n) is 2.69. The number of nitrogens with zero attached hydrogens (tertiary/aromatic N) is 1. The van der Waals surface area contributed by atoms with Gasteiger partial charge in [-0.15, -0.1) is 11.8 Å². The van der Waals surface area contributed by atoms with E-state index in [2.05, 4.69) is 5.32 Å². The molecule has 2 fully saturated rings. The average Bonchev–Trinajstić information content (AvgIpc) is 2.56. The van der Waals surface area contributed by atoms with Gasteiger partial charge in [0.15, 0.2) is 0 Å². The molecule has 2 aliphatic heterocycles. The molecule has 0 aromatic carbocycles. The summed E-state index contributed by atoms with van der Waals surface area (Å²) in [6.07, 6.45) is 4.34. The Morgan fingerprint density at radius 1 is 1.47 bits per heavy atom. The van der Waals surface area contributed by atoms with Gasteiger partial charge in [0.2, 0.25) is 11.8 Å². The number of amides is 2. The molecule has 5 nitrogen and oxygen atoms in total. The zero-order chi connectivity index (χ0) is 13.8. The third kappa shape index (κ3) is 3.23. The van der Waals surface area contributed by atoms with Gasteiger partial charge in [-0.3, -0.25) is 9.59 Å². The normalized spacial score (nSPS) is 31.6. The molecule has 3 N–H and O–H groups in total. The van der Waals surface area contributed by atoms with Crippen LogP contribution >= 0.6 is 11.8 Å². The Balaban J connectivity index is 2.13. The summed E-state index contributed by atoms with van der Waals surface area (Å²) in [5.74, 6) is 0.832. The van der Waals surface area contributed by atoms with Crippen LogP contribution in [-0.2, 0) is 9.59 Å². The van der Waals surface area contributed by atoms with Gasteiger partial charge in [-0.2, -0.15) is 0 Å². The number of carbonyl (C=O) groups excluding carboxylic acids is 2. The number of nitrogens with one attached hydrogen (secondary N) is 1. The molecule has 2 amide bonds. The summed E-state index contributed by atoms with van der Waals surface area (Å²) < 4.78 is 0. The van der Waals surface area contributed by atoms with Crippen LogP contribution < -0.4 is 11.1 Å². The number of nitrogens with two attached hydrogens (primary N) is 1. The smallest absolute Gasteiger partial charge is 0.242 e. The van der Waals surface area contributed by atoms with Crippen LogP contribution in [0.5, 0.6) is 0 Å². The van der Waals surface area contributed by atoms with E-state index in [0.717, 1.165) is 31.4 Å². The minimum atomic E-state index is -0.447. The molecule has 0 radical (unpaired) electrons. The number of thioether (sulfide) groups is 1. The second kappa shape index (κ2) is 6.61. The molecule has 0 spiro atoms. The molecule has 3 atom stereocenters. The van der Waals surface area contributed by atoms with Crippen molar-refractivity contribution < 1.29 is 9.59 Å². The molecule has 108 valence electrons. The minimum Gasteiger partial charge on any atom is -0.354 e. The van der Waals surface area contributed by atoms with E-state index in [9.17, 15) is 9.59 Å². The predicted molar refractivity (Wildman–Crippen MR) is 76.6 cm³/mol. The highest BCUT2D eigenvalue weighted by Gasteiger charge is 2.41. The van der Waals surface area contributed by atoms with E-state index in [1.807, 2.05) is 6.92 Å². The topological polar surface area (TPSA) is 75.4 Å². The van der Waals surface area contributed by atoms with Crippen LogP contribution in [0.3, 0.4) is 0 Å². The van der Waals surface area contributed by atoms with E-state index in [1.165, 1.54) is 0 Å². The van der Waals surface area contributed by atoms with Gasteiger partial charge in [-0.05, 0) is 37.9 Å². The molecule has 2 heterocycles. The first kappa shape index (κ1) is 14.7. The Bertz CT molecular complexity index is 351. The lowest BCUT2D eigenvalue weighted by molar-refractivity contribution is -0.144. The van der Waals surface area contributed by atoms with E-state index < -0.39 is 6.04 Å². The third-order valence-electron chi connectivity index (χ3n) is 3.74. The second-order valence-corrected chi connectivity index (χ2v) is 6.49. The number of carbonyl (C=O) groups is 2. The fourth-order valence-corrected chi connectivity index (χ4v) is 4.10. The predicted octanol–water partition coefficient (Wildman–Crippen LogP) is 0.684. The number of fused-ring (bicyclic) bond motifs is 1. The van der Waals surface area contributed by atoms with E-state index in [1.54, 1.807) is 16.7 Å². The second-order valence-electron chi connectivity index (χ2n) is 5.20. The number of rotatable bonds is 3. The molecule has 2 saturated heterocycles. The van der Waals surface area contributed by atoms with Gasteiger partial charge in [0.05, 0.1) is 11.4 Å². The highest BCUT2D eigenvalue weighted by atomic mass is 32.2. The third-order valence-corrected chi connectivity index (χ3v) is 5.06. The van der Waals surface area contributed by atoms with Crippen molar-refractivity contribution >= 4 is 23.6 Å². The lowest BCUT2D eigenvalue weighted by atomic mass is 9.99. The zero-order valence-corrected chi connectivity index (χ0v) is 12.2. The summed E-state index contributed by atoms with van der Waals surface area (Å²) in [5, 5.41) is 3.04. The maximum absolute atomic E-state index is 12.4. The fraction of sp³-hybridized carbons (Fsp3) is 0.846. The van der Waals surface area contributed by atoms with Crippen molar-refractivity contribution in [3.63, 3.8) is 0 Å². The lowest BCUT2D eigenvalue weighted by Crippen LogP contribution is -2.58. The number of hydrogen-bond donors (Lipinski definition) is 2. The summed E-state index contributed by atoms with van der Waals surface area (Å²) in [6.45, 7) is 2.69. The summed E-state index contributed by atoms with van der Waals surface area (Å²) >= 11 is 1.77. The van der Waals surface area contributed by atoms with Crippen LogP contribution in [0, 0.1) is 0 Å². The van der Waals surface area contributed by atoms with Gasteiger partial charge in [-0.25, -0.2) is 0 Å². The maximum Gasteiger partial charge on any atom is 0.242 e. The quantitative estimate of drug-likeness (QED) is 0.800. The van der Waals surface area contributed by atoms with Gasteiger partial charge in [0.25, 0.3) is 0 Å². The standard InChI is InChI=1S/C13H23N3O2S/c1-2-7-15-12(17)10-4-3-5-11-16(10)13(18)9(14)6-8-19-11/h9-11H,2-8,14H2,1H3,(H,15,17)/t9-,10-,11?/m0/s1. The molecule has 2 rings (SSSR count). The lowest BCUT2D eigenvalue weighted by Gasteiger charge is -2.40. The Labute approximate surface area is 118 Å². The Morgan fingerprint density at radius 2 is 2.26 bits per heavy atom. The average molecular weight is 285 g/mol. The van der Waals surface area contributed by atoms with Crippen LogP contribution in [-0.4, -0.2) is 46.5 Å². The van der Waals surface area contributed by atoms with E-state index >= 15 is 0 Å². The van der Waals surface area contributed by atoms with Crippen LogP contribution in [0.1, 0.15) is 39.0 Å². The van der Waals surface area contributed by atoms with Crippen molar-refractivity contribution in [1.82, 2.24) is 10.2 Å². The van der Waals surface area contributed by atoms with Crippen molar-refractivity contribution in [2.45, 2.75) is 56.5 Å². The minimum absolute atomic E-state index is 0.0189. The molecule has 2 aliphatic rings. The van der Waals surface area contributed by atoms with Gasteiger partial charge < -0.3 is 16.0 Å². The van der Waals surface area contributed by atoms with Crippen LogP contribution in [0.25, 0.3) is 0 Å². The van der Waals surface area contributed by atoms with Crippen molar-refractivity contribution in [2.75, 3.05) is 12.3 Å². The van der Waals surface area contributed by atoms with Gasteiger partial charge in [0, 0.05) is 6.54 Å². The van der Waals surface area contributed by atoms with E-state index in [0.29, 0.717) is 13.0 Å². The maximum atomic E-state index is 12.4. The first-order chi connectivity index (χ1) is 9.15. The van der Waals surface area contributed by atoms with Crippen molar-refractivity contribution in [3.05, 3.63) is 0 Å².